The van der Waals surface area contributed by atoms with Crippen molar-refractivity contribution in [2.75, 3.05) is 31.6 Å². The molecule has 1 fully saturated rings. The van der Waals surface area contributed by atoms with Crippen LogP contribution in [0.4, 0.5) is 17.1 Å². The minimum atomic E-state index is -1.29. The minimum absolute atomic E-state index is 0.131. The molecule has 33 heavy (non-hydrogen) atoms. The number of aliphatic hydroxyl groups is 4. The maximum atomic E-state index is 11.3. The molecule has 0 bridgehead atoms. The topological polar surface area (TPSA) is 206 Å². The molecule has 0 saturated carbocycles. The van der Waals surface area contributed by atoms with Crippen LogP contribution in [0.2, 0.25) is 0 Å². The van der Waals surface area contributed by atoms with E-state index in [9.17, 15) is 30.5 Å². The Labute approximate surface area is 188 Å². The molecule has 1 aliphatic rings. The standard InChI is InChI=1S/C19H26N8O6/c20-24-23-12-1-2-14(15(7-12)27(32)33)21-4-3-13-8-25(11-22-13)5-6-26-9-17(29)19(31)18(30)16(26)10-28/h1-2,7-8,11,16-19,21,28-31H,3-6,9-10H2/t16-,17+,18-,19-/m1/s1. The number of azide groups is 1. The molecule has 1 saturated heterocycles. The summed E-state index contributed by atoms with van der Waals surface area (Å²) >= 11 is 0. The zero-order chi connectivity index (χ0) is 24.0. The van der Waals surface area contributed by atoms with E-state index in [0.29, 0.717) is 31.7 Å². The Bertz CT molecular complexity index is 1010. The molecule has 0 aliphatic carbocycles. The second kappa shape index (κ2) is 11.0. The Morgan fingerprint density at radius 3 is 2.79 bits per heavy atom. The number of imidazole rings is 1. The average Bonchev–Trinajstić information content (AvgIpc) is 3.24. The number of anilines is 1. The summed E-state index contributed by atoms with van der Waals surface area (Å²) in [4.78, 5) is 19.4. The molecule has 0 radical (unpaired) electrons. The zero-order valence-electron chi connectivity index (χ0n) is 17.7. The monoisotopic (exact) mass is 462 g/mol. The van der Waals surface area contributed by atoms with Gasteiger partial charge in [0, 0.05) is 55.5 Å². The maximum absolute atomic E-state index is 11.3. The highest BCUT2D eigenvalue weighted by atomic mass is 16.6. The summed E-state index contributed by atoms with van der Waals surface area (Å²) in [6, 6.07) is 3.49. The summed E-state index contributed by atoms with van der Waals surface area (Å²) in [5.41, 5.74) is 9.49. The molecule has 2 aromatic rings. The molecule has 4 atom stereocenters. The third-order valence-electron chi connectivity index (χ3n) is 5.58. The van der Waals surface area contributed by atoms with Gasteiger partial charge in [0.2, 0.25) is 0 Å². The van der Waals surface area contributed by atoms with E-state index in [1.54, 1.807) is 11.2 Å². The largest absolute Gasteiger partial charge is 0.395 e. The Morgan fingerprint density at radius 1 is 1.30 bits per heavy atom. The Morgan fingerprint density at radius 2 is 2.09 bits per heavy atom. The van der Waals surface area contributed by atoms with Crippen molar-refractivity contribution >= 4 is 17.1 Å². The fraction of sp³-hybridized carbons (Fsp3) is 0.526. The molecule has 1 aliphatic heterocycles. The lowest BCUT2D eigenvalue weighted by molar-refractivity contribution is -0.383. The molecule has 0 spiro atoms. The van der Waals surface area contributed by atoms with Crippen LogP contribution in [0, 0.1) is 10.1 Å². The van der Waals surface area contributed by atoms with Crippen molar-refractivity contribution in [3.63, 3.8) is 0 Å². The van der Waals surface area contributed by atoms with Crippen LogP contribution in [0.15, 0.2) is 35.8 Å². The number of nitro benzene ring substituents is 1. The van der Waals surface area contributed by atoms with Gasteiger partial charge in [-0.15, -0.1) is 0 Å². The molecule has 0 unspecified atom stereocenters. The van der Waals surface area contributed by atoms with E-state index in [2.05, 4.69) is 20.3 Å². The number of benzene rings is 1. The van der Waals surface area contributed by atoms with E-state index in [1.165, 1.54) is 18.2 Å². The molecular weight excluding hydrogens is 436 g/mol. The van der Waals surface area contributed by atoms with Crippen molar-refractivity contribution in [3.8, 4) is 0 Å². The Hall–Kier alpha value is -3.26. The minimum Gasteiger partial charge on any atom is -0.395 e. The van der Waals surface area contributed by atoms with Crippen LogP contribution in [0.1, 0.15) is 5.69 Å². The first-order valence-electron chi connectivity index (χ1n) is 10.3. The van der Waals surface area contributed by atoms with Gasteiger partial charge in [0.1, 0.15) is 17.9 Å². The van der Waals surface area contributed by atoms with Crippen LogP contribution in [0.3, 0.4) is 0 Å². The van der Waals surface area contributed by atoms with Crippen LogP contribution >= 0.6 is 0 Å². The van der Waals surface area contributed by atoms with Gasteiger partial charge in [0.25, 0.3) is 5.69 Å². The number of likely N-dealkylation sites (tertiary alicyclic amines) is 1. The molecule has 2 heterocycles. The van der Waals surface area contributed by atoms with E-state index in [0.717, 1.165) is 5.69 Å². The van der Waals surface area contributed by atoms with E-state index in [4.69, 9.17) is 5.53 Å². The number of aliphatic hydroxyl groups excluding tert-OH is 4. The highest BCUT2D eigenvalue weighted by Gasteiger charge is 2.40. The molecule has 178 valence electrons. The second-order valence-corrected chi connectivity index (χ2v) is 7.72. The predicted molar refractivity (Wildman–Crippen MR) is 117 cm³/mol. The van der Waals surface area contributed by atoms with Crippen molar-refractivity contribution in [3.05, 3.63) is 57.0 Å². The first-order chi connectivity index (χ1) is 15.8. The predicted octanol–water partition coefficient (Wildman–Crippen LogP) is 0.147. The van der Waals surface area contributed by atoms with Gasteiger partial charge in [-0.05, 0) is 11.6 Å². The van der Waals surface area contributed by atoms with E-state index < -0.39 is 29.3 Å². The van der Waals surface area contributed by atoms with Gasteiger partial charge in [-0.3, -0.25) is 15.0 Å². The van der Waals surface area contributed by atoms with Crippen LogP contribution in [0.25, 0.3) is 10.4 Å². The van der Waals surface area contributed by atoms with E-state index >= 15 is 0 Å². The molecule has 3 rings (SSSR count). The number of hydrogen-bond donors (Lipinski definition) is 5. The van der Waals surface area contributed by atoms with Gasteiger partial charge >= 0.3 is 0 Å². The number of β-amino-alcohol motifs (C(OH)–C–C–N with tert-alkyl or cyclic N) is 1. The average molecular weight is 462 g/mol. The summed E-state index contributed by atoms with van der Waals surface area (Å²) < 4.78 is 1.82. The maximum Gasteiger partial charge on any atom is 0.292 e. The first-order valence-corrected chi connectivity index (χ1v) is 10.3. The van der Waals surface area contributed by atoms with Crippen molar-refractivity contribution < 1.29 is 25.3 Å². The SMILES string of the molecule is [N-]=[N+]=Nc1ccc(NCCc2cn(CCN3C[C@H](O)[C@@H](O)[C@H](O)[C@H]3CO)cn2)c([N+](=O)[O-])c1. The summed E-state index contributed by atoms with van der Waals surface area (Å²) in [6.45, 7) is 1.07. The molecule has 5 N–H and O–H groups in total. The van der Waals surface area contributed by atoms with Crippen molar-refractivity contribution in [2.45, 2.75) is 37.3 Å². The Kier molecular flexibility index (Phi) is 8.16. The summed E-state index contributed by atoms with van der Waals surface area (Å²) in [5, 5.41) is 56.9. The number of aromatic nitrogens is 2. The Balaban J connectivity index is 1.53. The van der Waals surface area contributed by atoms with Crippen LogP contribution < -0.4 is 5.32 Å². The summed E-state index contributed by atoms with van der Waals surface area (Å²) in [6.07, 6.45) is 0.309. The fourth-order valence-corrected chi connectivity index (χ4v) is 3.80. The van der Waals surface area contributed by atoms with Crippen LogP contribution in [-0.4, -0.2) is 90.4 Å². The molecule has 0 amide bonds. The summed E-state index contributed by atoms with van der Waals surface area (Å²) in [5.74, 6) is 0. The summed E-state index contributed by atoms with van der Waals surface area (Å²) in [7, 11) is 0. The van der Waals surface area contributed by atoms with Crippen LogP contribution in [-0.2, 0) is 13.0 Å². The van der Waals surface area contributed by atoms with Gasteiger partial charge in [0.05, 0.1) is 35.7 Å². The lowest BCUT2D eigenvalue weighted by Crippen LogP contribution is -2.62. The lowest BCUT2D eigenvalue weighted by Gasteiger charge is -2.43. The van der Waals surface area contributed by atoms with Gasteiger partial charge in [-0.1, -0.05) is 11.2 Å². The molecule has 14 nitrogen and oxygen atoms in total. The molecule has 1 aromatic carbocycles. The van der Waals surface area contributed by atoms with Crippen LogP contribution in [0.5, 0.6) is 0 Å². The van der Waals surface area contributed by atoms with Crippen molar-refractivity contribution in [1.29, 1.82) is 0 Å². The smallest absolute Gasteiger partial charge is 0.292 e. The van der Waals surface area contributed by atoms with Crippen molar-refractivity contribution in [1.82, 2.24) is 14.5 Å². The lowest BCUT2D eigenvalue weighted by atomic mass is 9.94. The van der Waals surface area contributed by atoms with E-state index in [1.807, 2.05) is 10.8 Å². The normalized spacial score (nSPS) is 23.2. The number of rotatable bonds is 10. The highest BCUT2D eigenvalue weighted by Crippen LogP contribution is 2.29. The number of hydrogen-bond acceptors (Lipinski definition) is 10. The third-order valence-corrected chi connectivity index (χ3v) is 5.58. The number of nitrogens with one attached hydrogen (secondary N) is 1. The van der Waals surface area contributed by atoms with Crippen molar-refractivity contribution in [2.24, 2.45) is 5.11 Å². The highest BCUT2D eigenvalue weighted by molar-refractivity contribution is 5.66. The van der Waals surface area contributed by atoms with Gasteiger partial charge < -0.3 is 30.3 Å². The molecular formula is C19H26N8O6. The van der Waals surface area contributed by atoms with Gasteiger partial charge in [-0.25, -0.2) is 4.98 Å². The van der Waals surface area contributed by atoms with Gasteiger partial charge in [-0.2, -0.15) is 0 Å². The number of nitro groups is 1. The van der Waals surface area contributed by atoms with E-state index in [-0.39, 0.29) is 24.5 Å². The number of nitrogens with zero attached hydrogens (tertiary/aromatic N) is 7. The molecule has 14 heteroatoms. The fourth-order valence-electron chi connectivity index (χ4n) is 3.80. The second-order valence-electron chi connectivity index (χ2n) is 7.72. The number of piperidine rings is 1. The zero-order valence-corrected chi connectivity index (χ0v) is 17.7. The van der Waals surface area contributed by atoms with Gasteiger partial charge in [0.15, 0.2) is 0 Å². The quantitative estimate of drug-likeness (QED) is 0.107. The first kappa shape index (κ1) is 24.4. The third kappa shape index (κ3) is 5.96. The molecule has 1 aromatic heterocycles.